The minimum absolute atomic E-state index is 0.391. The summed E-state index contributed by atoms with van der Waals surface area (Å²) in [6.07, 6.45) is 0. The summed E-state index contributed by atoms with van der Waals surface area (Å²) < 4.78 is 0. The molecule has 0 radical (unpaired) electrons. The highest BCUT2D eigenvalue weighted by atomic mass is 35.5. The minimum Gasteiger partial charge on any atom is -0.318 e. The van der Waals surface area contributed by atoms with Crippen LogP contribution in [0.25, 0.3) is 0 Å². The van der Waals surface area contributed by atoms with Gasteiger partial charge >= 0.3 is 11.8 Å². The second kappa shape index (κ2) is 7.02. The van der Waals surface area contributed by atoms with Gasteiger partial charge in [-0.05, 0) is 55.7 Å². The zero-order chi connectivity index (χ0) is 17.1. The van der Waals surface area contributed by atoms with Crippen LogP contribution in [0.5, 0.6) is 0 Å². The molecule has 0 spiro atoms. The Morgan fingerprint density at radius 1 is 0.826 bits per heavy atom. The molecule has 0 aromatic heterocycles. The fraction of sp³-hybridized carbons (Fsp3) is 0.176. The summed E-state index contributed by atoms with van der Waals surface area (Å²) in [6.45, 7) is 5.56. The quantitative estimate of drug-likeness (QED) is 0.783. The van der Waals surface area contributed by atoms with Crippen LogP contribution >= 0.6 is 23.2 Å². The zero-order valence-corrected chi connectivity index (χ0v) is 14.5. The fourth-order valence-corrected chi connectivity index (χ4v) is 2.65. The van der Waals surface area contributed by atoms with Gasteiger partial charge in [-0.2, -0.15) is 0 Å². The van der Waals surface area contributed by atoms with Gasteiger partial charge in [0.25, 0.3) is 0 Å². The molecule has 2 aromatic carbocycles. The first-order valence-corrected chi connectivity index (χ1v) is 7.68. The van der Waals surface area contributed by atoms with E-state index in [0.29, 0.717) is 21.4 Å². The number of hydrogen-bond acceptors (Lipinski definition) is 2. The lowest BCUT2D eigenvalue weighted by Gasteiger charge is -2.12. The number of benzene rings is 2. The number of nitrogens with one attached hydrogen (secondary N) is 2. The molecule has 0 aliphatic rings. The molecule has 23 heavy (non-hydrogen) atoms. The van der Waals surface area contributed by atoms with Gasteiger partial charge in [-0.25, -0.2) is 0 Å². The number of rotatable bonds is 2. The molecule has 0 aliphatic heterocycles. The summed E-state index contributed by atoms with van der Waals surface area (Å²) >= 11 is 12.1. The van der Waals surface area contributed by atoms with Gasteiger partial charge in [0.05, 0.1) is 10.7 Å². The summed E-state index contributed by atoms with van der Waals surface area (Å²) in [6, 6.07) is 8.63. The van der Waals surface area contributed by atoms with Crippen molar-refractivity contribution in [2.75, 3.05) is 10.6 Å². The normalized spacial score (nSPS) is 10.3. The van der Waals surface area contributed by atoms with Crippen molar-refractivity contribution in [2.45, 2.75) is 20.8 Å². The van der Waals surface area contributed by atoms with Crippen LogP contribution in [0.3, 0.4) is 0 Å². The van der Waals surface area contributed by atoms with Crippen molar-refractivity contribution in [3.63, 3.8) is 0 Å². The van der Waals surface area contributed by atoms with Crippen LogP contribution in [0.15, 0.2) is 30.3 Å². The van der Waals surface area contributed by atoms with Gasteiger partial charge in [0.1, 0.15) is 0 Å². The summed E-state index contributed by atoms with van der Waals surface area (Å²) in [5.74, 6) is -1.59. The van der Waals surface area contributed by atoms with E-state index in [0.717, 1.165) is 16.7 Å². The lowest BCUT2D eigenvalue weighted by molar-refractivity contribution is -0.133. The molecule has 0 fully saturated rings. The van der Waals surface area contributed by atoms with Crippen LogP contribution < -0.4 is 10.6 Å². The molecule has 0 atom stereocenters. The Labute approximate surface area is 144 Å². The molecule has 6 heteroatoms. The molecule has 120 valence electrons. The van der Waals surface area contributed by atoms with Crippen molar-refractivity contribution in [1.82, 2.24) is 0 Å². The second-order valence-electron chi connectivity index (χ2n) is 5.31. The number of aryl methyl sites for hydroxylation is 3. The van der Waals surface area contributed by atoms with Crippen molar-refractivity contribution in [1.29, 1.82) is 0 Å². The number of amides is 2. The largest absolute Gasteiger partial charge is 0.318 e. The molecular formula is C17H16Cl2N2O2. The van der Waals surface area contributed by atoms with Gasteiger partial charge in [0.15, 0.2) is 0 Å². The Balaban J connectivity index is 2.11. The van der Waals surface area contributed by atoms with Crippen molar-refractivity contribution < 1.29 is 9.59 Å². The Morgan fingerprint density at radius 3 is 2.09 bits per heavy atom. The molecule has 0 aliphatic carbocycles. The van der Waals surface area contributed by atoms with E-state index in [9.17, 15) is 9.59 Å². The van der Waals surface area contributed by atoms with Crippen LogP contribution in [0.4, 0.5) is 11.4 Å². The van der Waals surface area contributed by atoms with Crippen molar-refractivity contribution in [2.24, 2.45) is 0 Å². The Morgan fingerprint density at radius 2 is 1.48 bits per heavy atom. The second-order valence-corrected chi connectivity index (χ2v) is 6.13. The highest BCUT2D eigenvalue weighted by molar-refractivity contribution is 6.45. The van der Waals surface area contributed by atoms with E-state index in [1.165, 1.54) is 0 Å². The number of halogens is 2. The summed E-state index contributed by atoms with van der Waals surface area (Å²) in [7, 11) is 0. The molecule has 4 nitrogen and oxygen atoms in total. The van der Waals surface area contributed by atoms with E-state index in [1.807, 2.05) is 26.8 Å². The maximum Gasteiger partial charge on any atom is 0.314 e. The van der Waals surface area contributed by atoms with Crippen molar-refractivity contribution in [3.05, 3.63) is 57.1 Å². The van der Waals surface area contributed by atoms with E-state index < -0.39 is 11.8 Å². The maximum absolute atomic E-state index is 12.0. The molecule has 2 aromatic rings. The first kappa shape index (κ1) is 17.3. The van der Waals surface area contributed by atoms with E-state index in [2.05, 4.69) is 10.6 Å². The summed E-state index contributed by atoms with van der Waals surface area (Å²) in [4.78, 5) is 24.0. The van der Waals surface area contributed by atoms with Crippen LogP contribution in [0.1, 0.15) is 16.7 Å². The van der Waals surface area contributed by atoms with Crippen LogP contribution in [-0.4, -0.2) is 11.8 Å². The molecule has 2 amide bonds. The molecule has 0 heterocycles. The number of carbonyl (C=O) groups excluding carboxylic acids is 2. The van der Waals surface area contributed by atoms with E-state index in [-0.39, 0.29) is 0 Å². The van der Waals surface area contributed by atoms with Crippen LogP contribution in [0, 0.1) is 20.8 Å². The maximum atomic E-state index is 12.0. The summed E-state index contributed by atoms with van der Waals surface area (Å²) in [5.41, 5.74) is 3.53. The van der Waals surface area contributed by atoms with E-state index >= 15 is 0 Å². The van der Waals surface area contributed by atoms with Crippen molar-refractivity contribution >= 4 is 46.4 Å². The van der Waals surface area contributed by atoms with Gasteiger partial charge in [-0.15, -0.1) is 0 Å². The molecule has 0 saturated carbocycles. The molecule has 2 rings (SSSR count). The Kier molecular flexibility index (Phi) is 5.29. The SMILES string of the molecule is Cc1cc(C)c(NC(=O)C(=O)Nc2ccc(C)c(Cl)c2)c(Cl)c1. The van der Waals surface area contributed by atoms with Gasteiger partial charge in [-0.3, -0.25) is 9.59 Å². The summed E-state index contributed by atoms with van der Waals surface area (Å²) in [5, 5.41) is 5.94. The monoisotopic (exact) mass is 350 g/mol. The molecule has 0 bridgehead atoms. The average Bonchev–Trinajstić information content (AvgIpc) is 2.46. The molecule has 0 saturated heterocycles. The smallest absolute Gasteiger partial charge is 0.314 e. The lowest BCUT2D eigenvalue weighted by Crippen LogP contribution is -2.29. The van der Waals surface area contributed by atoms with Gasteiger partial charge < -0.3 is 10.6 Å². The third-order valence-electron chi connectivity index (χ3n) is 3.31. The van der Waals surface area contributed by atoms with Gasteiger partial charge in [0, 0.05) is 10.7 Å². The standard InChI is InChI=1S/C17H16Cl2N2O2/c1-9-6-11(3)15(14(19)7-9)21-17(23)16(22)20-12-5-4-10(2)13(18)8-12/h4-8H,1-3H3,(H,20,22)(H,21,23). The highest BCUT2D eigenvalue weighted by Gasteiger charge is 2.17. The van der Waals surface area contributed by atoms with E-state index in [1.54, 1.807) is 24.3 Å². The predicted molar refractivity (Wildman–Crippen MR) is 94.4 cm³/mol. The molecular weight excluding hydrogens is 335 g/mol. The first-order valence-electron chi connectivity index (χ1n) is 6.93. The minimum atomic E-state index is -0.796. The third-order valence-corrected chi connectivity index (χ3v) is 4.01. The van der Waals surface area contributed by atoms with Crippen LogP contribution in [0.2, 0.25) is 10.0 Å². The van der Waals surface area contributed by atoms with Gasteiger partial charge in [0.2, 0.25) is 0 Å². The first-order chi connectivity index (χ1) is 10.8. The molecule has 2 N–H and O–H groups in total. The lowest BCUT2D eigenvalue weighted by atomic mass is 10.1. The topological polar surface area (TPSA) is 58.2 Å². The average molecular weight is 351 g/mol. The Bertz CT molecular complexity index is 765. The number of anilines is 2. The van der Waals surface area contributed by atoms with Crippen LogP contribution in [-0.2, 0) is 9.59 Å². The predicted octanol–water partition coefficient (Wildman–Crippen LogP) is 4.50. The fourth-order valence-electron chi connectivity index (χ4n) is 2.10. The van der Waals surface area contributed by atoms with Gasteiger partial charge in [-0.1, -0.05) is 35.3 Å². The highest BCUT2D eigenvalue weighted by Crippen LogP contribution is 2.27. The Hall–Kier alpha value is -2.04. The number of hydrogen-bond donors (Lipinski definition) is 2. The molecule has 0 unspecified atom stereocenters. The zero-order valence-electron chi connectivity index (χ0n) is 13.0. The number of carbonyl (C=O) groups is 2. The van der Waals surface area contributed by atoms with Crippen molar-refractivity contribution in [3.8, 4) is 0 Å². The third kappa shape index (κ3) is 4.24. The van der Waals surface area contributed by atoms with E-state index in [4.69, 9.17) is 23.2 Å².